The highest BCUT2D eigenvalue weighted by Crippen LogP contribution is 2.31. The van der Waals surface area contributed by atoms with Gasteiger partial charge in [0, 0.05) is 143 Å². The molecule has 24 heteroatoms. The molecule has 5 aliphatic heterocycles. The third kappa shape index (κ3) is 28.9. The Hall–Kier alpha value is -6.36. The van der Waals surface area contributed by atoms with Crippen molar-refractivity contribution in [3.63, 3.8) is 0 Å². The van der Waals surface area contributed by atoms with E-state index in [9.17, 15) is 28.8 Å². The van der Waals surface area contributed by atoms with Crippen molar-refractivity contribution in [1.29, 1.82) is 0 Å². The minimum Gasteiger partial charge on any atom is -0.350 e. The van der Waals surface area contributed by atoms with Gasteiger partial charge in [-0.25, -0.2) is 0 Å². The minimum atomic E-state index is -0.317. The van der Waals surface area contributed by atoms with Crippen LogP contribution in [0.25, 0.3) is 0 Å². The van der Waals surface area contributed by atoms with E-state index < -0.39 is 0 Å². The Bertz CT molecular complexity index is 4060. The second kappa shape index (κ2) is 47.6. The Morgan fingerprint density at radius 1 is 0.431 bits per heavy atom. The molecule has 0 aromatic heterocycles. The minimum absolute atomic E-state index is 0.00314. The van der Waals surface area contributed by atoms with Gasteiger partial charge >= 0.3 is 0 Å². The molecule has 6 amide bonds. The van der Waals surface area contributed by atoms with Gasteiger partial charge in [0.25, 0.3) is 17.7 Å². The fourth-order valence-electron chi connectivity index (χ4n) is 16.3. The van der Waals surface area contributed by atoms with Crippen LogP contribution >= 0.6 is 69.6 Å². The summed E-state index contributed by atoms with van der Waals surface area (Å²) in [6, 6.07) is 45.7. The van der Waals surface area contributed by atoms with Crippen LogP contribution < -0.4 is 31.9 Å². The lowest BCUT2D eigenvalue weighted by molar-refractivity contribution is -0.134. The molecule has 5 fully saturated rings. The smallest absolute Gasteiger partial charge is 0.251 e. The molecule has 11 rings (SSSR count). The second-order valence-corrected chi connectivity index (χ2v) is 35.6. The van der Waals surface area contributed by atoms with Gasteiger partial charge in [0.1, 0.15) is 0 Å². The van der Waals surface area contributed by atoms with E-state index in [2.05, 4.69) is 185 Å². The third-order valence-corrected chi connectivity index (χ3v) is 26.3. The molecular weight excluding hydrogens is 1580 g/mol. The van der Waals surface area contributed by atoms with Crippen molar-refractivity contribution in [2.45, 2.75) is 217 Å². The summed E-state index contributed by atoms with van der Waals surface area (Å²) < 4.78 is 0. The number of halogens is 6. The Balaban J connectivity index is 0.000000199. The third-order valence-electron chi connectivity index (χ3n) is 24.0. The number of rotatable bonds is 30. The highest BCUT2D eigenvalue weighted by molar-refractivity contribution is 6.43. The first-order valence-corrected chi connectivity index (χ1v) is 44.7. The van der Waals surface area contributed by atoms with E-state index in [1.807, 2.05) is 23.1 Å². The standard InChI is InChI=1S/2C31H42Cl2N4O2.C30H42Cl2N4O2/c1-3-23(24-10-5-4-6-11-24)21-37-17-14-26(20-34-30(38)25-12-13-27(32)28(33)19-25)35-29(31(37)39)15-18-36-16-8-7-9-22(36)2;1-2-23(24-10-6-5-7-11-24)22-37-19-14-26(21-34-30(38)25-12-13-27(32)28(33)20-25)35-29(31(37)39)15-18-36-16-8-3-4-9-17-36;1-6-21(22-10-8-7-9-11-22)20-36-17-14-24(19-33-28(37)23-12-13-25(31)26(32)18-23)34-27(29(36)38)15-16-35(5)30(2,3)4/h4-6,10-13,19,22-23,26,29,35H,3,7-9,14-18,20-21H2,1-2H3,(H,34,38);5-7,10-13,20,23,26,29,35H,2-4,8-9,14-19,21-22H2,1H3,(H,34,38);7-13,18,21,24,27,34H,6,14-17,19-20H2,1-5H3,(H,33,37)/t22-,23+,26-,29-;23-,26+,29+;21-,24+,27+/m011/s1. The molecule has 5 aliphatic rings. The Labute approximate surface area is 721 Å². The van der Waals surface area contributed by atoms with Crippen LogP contribution in [0.1, 0.15) is 217 Å². The van der Waals surface area contributed by atoms with Gasteiger partial charge in [0.15, 0.2) is 0 Å². The maximum Gasteiger partial charge on any atom is 0.251 e. The van der Waals surface area contributed by atoms with Gasteiger partial charge in [0.2, 0.25) is 17.7 Å². The fraction of sp³-hybridized carbons (Fsp3) is 0.543. The lowest BCUT2D eigenvalue weighted by atomic mass is 9.95. The van der Waals surface area contributed by atoms with Crippen molar-refractivity contribution in [2.75, 3.05) is 105 Å². The molecule has 116 heavy (non-hydrogen) atoms. The number of nitrogens with one attached hydrogen (secondary N) is 6. The normalized spacial score (nSPS) is 21.5. The van der Waals surface area contributed by atoms with Crippen molar-refractivity contribution in [2.24, 2.45) is 0 Å². The number of benzene rings is 6. The number of carbonyl (C=O) groups excluding carboxylic acids is 6. The van der Waals surface area contributed by atoms with E-state index in [1.165, 1.54) is 61.6 Å². The molecule has 0 aliphatic carbocycles. The molecule has 632 valence electrons. The molecular formula is C92H126Cl6N12O6. The van der Waals surface area contributed by atoms with E-state index >= 15 is 0 Å². The Kier molecular flexibility index (Phi) is 38.4. The highest BCUT2D eigenvalue weighted by atomic mass is 35.5. The van der Waals surface area contributed by atoms with Gasteiger partial charge < -0.3 is 61.3 Å². The average molecular weight is 1710 g/mol. The van der Waals surface area contributed by atoms with E-state index in [1.54, 1.807) is 54.6 Å². The van der Waals surface area contributed by atoms with Crippen LogP contribution in [0, 0.1) is 0 Å². The first kappa shape index (κ1) is 93.5. The number of hydrogen-bond donors (Lipinski definition) is 6. The molecule has 6 aromatic carbocycles. The monoisotopic (exact) mass is 1700 g/mol. The molecule has 0 unspecified atom stereocenters. The second-order valence-electron chi connectivity index (χ2n) is 33.1. The number of likely N-dealkylation sites (tertiary alicyclic amines) is 2. The molecule has 10 atom stereocenters. The Morgan fingerprint density at radius 3 is 1.09 bits per heavy atom. The predicted molar refractivity (Wildman–Crippen MR) is 477 cm³/mol. The lowest BCUT2D eigenvalue weighted by Crippen LogP contribution is -2.51. The number of piperidine rings is 1. The van der Waals surface area contributed by atoms with Gasteiger partial charge in [0.05, 0.1) is 48.3 Å². The van der Waals surface area contributed by atoms with E-state index in [0.29, 0.717) is 130 Å². The molecule has 5 saturated heterocycles. The quantitative estimate of drug-likeness (QED) is 0.0250. The summed E-state index contributed by atoms with van der Waals surface area (Å²) in [5.74, 6) is 0.762. The summed E-state index contributed by atoms with van der Waals surface area (Å²) in [5.41, 5.74) is 5.23. The molecule has 0 radical (unpaired) electrons. The largest absolute Gasteiger partial charge is 0.350 e. The van der Waals surface area contributed by atoms with Crippen LogP contribution in [0.2, 0.25) is 30.1 Å². The predicted octanol–water partition coefficient (Wildman–Crippen LogP) is 17.1. The van der Waals surface area contributed by atoms with Crippen molar-refractivity contribution in [3.05, 3.63) is 209 Å². The topological polar surface area (TPSA) is 194 Å². The summed E-state index contributed by atoms with van der Waals surface area (Å²) in [5, 5.41) is 22.3. The molecule has 0 spiro atoms. The zero-order chi connectivity index (χ0) is 83.3. The fourth-order valence-corrected chi connectivity index (χ4v) is 17.2. The van der Waals surface area contributed by atoms with Gasteiger partial charge in [-0.1, -0.05) is 201 Å². The van der Waals surface area contributed by atoms with Crippen molar-refractivity contribution in [3.8, 4) is 0 Å². The van der Waals surface area contributed by atoms with Crippen LogP contribution in [-0.2, 0) is 14.4 Å². The maximum atomic E-state index is 13.9. The number of carbonyl (C=O) groups is 6. The molecule has 0 saturated carbocycles. The van der Waals surface area contributed by atoms with E-state index in [-0.39, 0.29) is 83.2 Å². The zero-order valence-electron chi connectivity index (χ0n) is 69.5. The highest BCUT2D eigenvalue weighted by Gasteiger charge is 2.37. The first-order valence-electron chi connectivity index (χ1n) is 42.5. The summed E-state index contributed by atoms with van der Waals surface area (Å²) in [6.07, 6.45) is 16.2. The van der Waals surface area contributed by atoms with Gasteiger partial charge in [-0.3, -0.25) is 28.8 Å². The van der Waals surface area contributed by atoms with Crippen LogP contribution in [0.5, 0.6) is 0 Å². The molecule has 5 heterocycles. The van der Waals surface area contributed by atoms with Gasteiger partial charge in [-0.15, -0.1) is 0 Å². The van der Waals surface area contributed by atoms with Crippen molar-refractivity contribution in [1.82, 2.24) is 61.3 Å². The van der Waals surface area contributed by atoms with Gasteiger partial charge in [-0.2, -0.15) is 0 Å². The molecule has 0 bridgehead atoms. The van der Waals surface area contributed by atoms with Crippen LogP contribution in [-0.4, -0.2) is 218 Å². The Morgan fingerprint density at radius 2 is 0.767 bits per heavy atom. The number of amides is 6. The van der Waals surface area contributed by atoms with Crippen molar-refractivity contribution >= 4 is 105 Å². The molecule has 6 N–H and O–H groups in total. The van der Waals surface area contributed by atoms with Crippen LogP contribution in [0.4, 0.5) is 0 Å². The molecule has 18 nitrogen and oxygen atoms in total. The van der Waals surface area contributed by atoms with Crippen LogP contribution in [0.15, 0.2) is 146 Å². The van der Waals surface area contributed by atoms with E-state index in [4.69, 9.17) is 69.6 Å². The molecule has 6 aromatic rings. The summed E-state index contributed by atoms with van der Waals surface area (Å²) in [7, 11) is 2.09. The van der Waals surface area contributed by atoms with Crippen molar-refractivity contribution < 1.29 is 28.8 Å². The zero-order valence-corrected chi connectivity index (χ0v) is 74.0. The maximum absolute atomic E-state index is 13.9. The average Bonchev–Trinajstić information content (AvgIpc) is 1.68. The van der Waals surface area contributed by atoms with Gasteiger partial charge in [-0.05, 0) is 209 Å². The summed E-state index contributed by atoms with van der Waals surface area (Å²) in [4.78, 5) is 93.4. The number of hydrogen-bond acceptors (Lipinski definition) is 12. The van der Waals surface area contributed by atoms with E-state index in [0.717, 1.165) is 90.6 Å². The summed E-state index contributed by atoms with van der Waals surface area (Å²) in [6.45, 7) is 26.7. The lowest BCUT2D eigenvalue weighted by Gasteiger charge is -2.35. The first-order chi connectivity index (χ1) is 55.8. The SMILES string of the molecule is CC[C@H](CN1CC[C@@H](CNC(=O)c2ccc(Cl)c(Cl)c2)N[C@@H](CCN(C)C(C)(C)C)C1=O)c1ccccc1.CC[C@H](CN1CC[C@@H](CNC(=O)c2ccc(Cl)c(Cl)c2)N[C@@H](CCN2CCCCCC2)C1=O)c1ccccc1.CC[C@H](CN1CC[C@@H](CNC(=O)c2ccc(Cl)c(Cl)c2)N[C@@H](CCN2CCCC[C@@H]2C)C1=O)c1ccccc1. The number of nitrogens with zero attached hydrogens (tertiary/aromatic N) is 6. The van der Waals surface area contributed by atoms with Crippen LogP contribution in [0.3, 0.4) is 0 Å². The summed E-state index contributed by atoms with van der Waals surface area (Å²) >= 11 is 36.3.